The number of nitrogens with one attached hydrogen (secondary N) is 1. The summed E-state index contributed by atoms with van der Waals surface area (Å²) in [6, 6.07) is 7.70. The number of carbonyl (C=O) groups excluding carboxylic acids is 2. The summed E-state index contributed by atoms with van der Waals surface area (Å²) >= 11 is 0. The molecule has 1 saturated heterocycles. The Hall–Kier alpha value is -2.78. The van der Waals surface area contributed by atoms with Crippen molar-refractivity contribution in [1.29, 1.82) is 0 Å². The molecule has 3 heterocycles. The summed E-state index contributed by atoms with van der Waals surface area (Å²) in [6.07, 6.45) is 5.33. The van der Waals surface area contributed by atoms with E-state index in [0.29, 0.717) is 30.9 Å². The number of pyridine rings is 1. The van der Waals surface area contributed by atoms with Crippen LogP contribution in [0.5, 0.6) is 0 Å². The highest BCUT2D eigenvalue weighted by Crippen LogP contribution is 2.35. The van der Waals surface area contributed by atoms with Crippen molar-refractivity contribution in [1.82, 2.24) is 14.6 Å². The van der Waals surface area contributed by atoms with Crippen LogP contribution in [-0.4, -0.2) is 48.7 Å². The van der Waals surface area contributed by atoms with Crippen LogP contribution in [0.1, 0.15) is 30.9 Å². The number of hydrogen-bond donors (Lipinski definition) is 1. The van der Waals surface area contributed by atoms with Crippen LogP contribution < -0.4 is 10.2 Å². The Morgan fingerprint density at radius 1 is 1.20 bits per heavy atom. The summed E-state index contributed by atoms with van der Waals surface area (Å²) in [7, 11) is -3.56. The molecule has 2 amide bonds. The number of benzene rings is 1. The fraction of sp³-hybridized carbons (Fsp3) is 0.381. The molecule has 2 aromatic rings. The Balaban J connectivity index is 1.56. The Bertz CT molecular complexity index is 1070. The van der Waals surface area contributed by atoms with Crippen LogP contribution in [0.25, 0.3) is 0 Å². The van der Waals surface area contributed by atoms with E-state index in [1.807, 2.05) is 6.07 Å². The summed E-state index contributed by atoms with van der Waals surface area (Å²) in [4.78, 5) is 30.8. The number of hydrogen-bond acceptors (Lipinski definition) is 5. The second kappa shape index (κ2) is 8.16. The van der Waals surface area contributed by atoms with Gasteiger partial charge in [-0.05, 0) is 48.2 Å². The van der Waals surface area contributed by atoms with Crippen LogP contribution in [0.15, 0.2) is 47.6 Å². The summed E-state index contributed by atoms with van der Waals surface area (Å²) in [5.41, 5.74) is 2.13. The maximum Gasteiger partial charge on any atom is 0.243 e. The van der Waals surface area contributed by atoms with Gasteiger partial charge in [-0.25, -0.2) is 8.42 Å². The second-order valence-corrected chi connectivity index (χ2v) is 9.53. The van der Waals surface area contributed by atoms with E-state index >= 15 is 0 Å². The normalized spacial score (nSPS) is 19.0. The second-order valence-electron chi connectivity index (χ2n) is 7.59. The van der Waals surface area contributed by atoms with Crippen LogP contribution in [0.3, 0.4) is 0 Å². The van der Waals surface area contributed by atoms with Crippen molar-refractivity contribution in [2.75, 3.05) is 18.0 Å². The van der Waals surface area contributed by atoms with E-state index in [1.165, 1.54) is 22.2 Å². The van der Waals surface area contributed by atoms with Crippen molar-refractivity contribution in [2.24, 2.45) is 0 Å². The van der Waals surface area contributed by atoms with Gasteiger partial charge in [0.15, 0.2) is 0 Å². The SMILES string of the molecule is CC(=O)N1c2ccc(S(=O)(=O)N3CCCC3)cc2C[C@@H]1C(=O)NCc1cccnc1. The molecular formula is C21H24N4O4S. The van der Waals surface area contributed by atoms with Crippen LogP contribution in [-0.2, 0) is 32.6 Å². The molecule has 0 spiro atoms. The molecule has 1 N–H and O–H groups in total. The number of carbonyl (C=O) groups is 2. The van der Waals surface area contributed by atoms with E-state index in [0.717, 1.165) is 18.4 Å². The fourth-order valence-electron chi connectivity index (χ4n) is 4.07. The number of sulfonamides is 1. The Kier molecular flexibility index (Phi) is 5.57. The predicted octanol–water partition coefficient (Wildman–Crippen LogP) is 1.46. The molecule has 1 aromatic carbocycles. The van der Waals surface area contributed by atoms with E-state index < -0.39 is 16.1 Å². The summed E-state index contributed by atoms with van der Waals surface area (Å²) in [6.45, 7) is 2.77. The Morgan fingerprint density at radius 2 is 1.97 bits per heavy atom. The third-order valence-corrected chi connectivity index (χ3v) is 7.46. The average molecular weight is 429 g/mol. The molecule has 2 aliphatic heterocycles. The van der Waals surface area contributed by atoms with Crippen molar-refractivity contribution in [2.45, 2.75) is 43.7 Å². The molecule has 1 aromatic heterocycles. The van der Waals surface area contributed by atoms with Gasteiger partial charge in [0.05, 0.1) is 4.90 Å². The minimum Gasteiger partial charge on any atom is -0.350 e. The molecule has 0 unspecified atom stereocenters. The fourth-order valence-corrected chi connectivity index (χ4v) is 5.64. The summed E-state index contributed by atoms with van der Waals surface area (Å²) in [5, 5.41) is 2.85. The van der Waals surface area contributed by atoms with E-state index in [1.54, 1.807) is 30.6 Å². The van der Waals surface area contributed by atoms with Gasteiger partial charge in [-0.1, -0.05) is 6.07 Å². The molecule has 8 nitrogen and oxygen atoms in total. The van der Waals surface area contributed by atoms with Crippen molar-refractivity contribution in [3.05, 3.63) is 53.9 Å². The maximum absolute atomic E-state index is 12.9. The van der Waals surface area contributed by atoms with E-state index in [2.05, 4.69) is 10.3 Å². The van der Waals surface area contributed by atoms with Gasteiger partial charge in [-0.3, -0.25) is 19.5 Å². The highest BCUT2D eigenvalue weighted by molar-refractivity contribution is 7.89. The zero-order valence-corrected chi connectivity index (χ0v) is 17.6. The van der Waals surface area contributed by atoms with Gasteiger partial charge in [-0.15, -0.1) is 0 Å². The molecular weight excluding hydrogens is 404 g/mol. The molecule has 0 radical (unpaired) electrons. The lowest BCUT2D eigenvalue weighted by Crippen LogP contribution is -2.47. The van der Waals surface area contributed by atoms with Gasteiger partial charge < -0.3 is 5.32 Å². The minimum atomic E-state index is -3.56. The molecule has 30 heavy (non-hydrogen) atoms. The first-order valence-electron chi connectivity index (χ1n) is 9.97. The van der Waals surface area contributed by atoms with Gasteiger partial charge in [0.25, 0.3) is 0 Å². The largest absolute Gasteiger partial charge is 0.350 e. The van der Waals surface area contributed by atoms with Crippen LogP contribution >= 0.6 is 0 Å². The molecule has 1 atom stereocenters. The standard InChI is InChI=1S/C21H24N4O4S/c1-15(26)25-19-7-6-18(30(28,29)24-9-2-3-10-24)11-17(19)12-20(25)21(27)23-14-16-5-4-8-22-13-16/h4-8,11,13,20H,2-3,9-10,12,14H2,1H3,(H,23,27)/t20-/m1/s1. The molecule has 0 bridgehead atoms. The number of anilines is 1. The number of aromatic nitrogens is 1. The topological polar surface area (TPSA) is 99.7 Å². The molecule has 1 fully saturated rings. The third kappa shape index (κ3) is 3.82. The van der Waals surface area contributed by atoms with Crippen molar-refractivity contribution >= 4 is 27.5 Å². The molecule has 0 saturated carbocycles. The quantitative estimate of drug-likeness (QED) is 0.777. The average Bonchev–Trinajstić information content (AvgIpc) is 3.40. The first-order valence-corrected chi connectivity index (χ1v) is 11.4. The van der Waals surface area contributed by atoms with Crippen molar-refractivity contribution < 1.29 is 18.0 Å². The smallest absolute Gasteiger partial charge is 0.243 e. The molecule has 4 rings (SSSR count). The van der Waals surface area contributed by atoms with Crippen molar-refractivity contribution in [3.8, 4) is 0 Å². The van der Waals surface area contributed by atoms with Gasteiger partial charge in [0, 0.05) is 51.1 Å². The van der Waals surface area contributed by atoms with Gasteiger partial charge in [0.2, 0.25) is 21.8 Å². The van der Waals surface area contributed by atoms with E-state index in [9.17, 15) is 18.0 Å². The molecule has 0 aliphatic carbocycles. The Labute approximate surface area is 175 Å². The molecule has 2 aliphatic rings. The molecule has 9 heteroatoms. The number of nitrogens with zero attached hydrogens (tertiary/aromatic N) is 3. The lowest BCUT2D eigenvalue weighted by molar-refractivity contribution is -0.125. The van der Waals surface area contributed by atoms with E-state index in [-0.39, 0.29) is 23.1 Å². The zero-order valence-electron chi connectivity index (χ0n) is 16.7. The van der Waals surface area contributed by atoms with Crippen LogP contribution in [0, 0.1) is 0 Å². The first kappa shape index (κ1) is 20.5. The summed E-state index contributed by atoms with van der Waals surface area (Å²) < 4.78 is 27.3. The monoisotopic (exact) mass is 428 g/mol. The predicted molar refractivity (Wildman–Crippen MR) is 111 cm³/mol. The lowest BCUT2D eigenvalue weighted by Gasteiger charge is -2.23. The lowest BCUT2D eigenvalue weighted by atomic mass is 10.1. The highest BCUT2D eigenvalue weighted by atomic mass is 32.2. The van der Waals surface area contributed by atoms with Gasteiger partial charge >= 0.3 is 0 Å². The van der Waals surface area contributed by atoms with Gasteiger partial charge in [0.1, 0.15) is 6.04 Å². The number of rotatable bonds is 5. The number of amides is 2. The number of fused-ring (bicyclic) bond motifs is 1. The highest BCUT2D eigenvalue weighted by Gasteiger charge is 2.38. The maximum atomic E-state index is 12.9. The van der Waals surface area contributed by atoms with Crippen LogP contribution in [0.4, 0.5) is 5.69 Å². The third-order valence-electron chi connectivity index (χ3n) is 5.57. The minimum absolute atomic E-state index is 0.211. The zero-order chi connectivity index (χ0) is 21.3. The van der Waals surface area contributed by atoms with Crippen molar-refractivity contribution in [3.63, 3.8) is 0 Å². The van der Waals surface area contributed by atoms with Gasteiger partial charge in [-0.2, -0.15) is 4.31 Å². The first-order chi connectivity index (χ1) is 14.4. The Morgan fingerprint density at radius 3 is 2.63 bits per heavy atom. The summed E-state index contributed by atoms with van der Waals surface area (Å²) in [5.74, 6) is -0.542. The van der Waals surface area contributed by atoms with E-state index in [4.69, 9.17) is 0 Å². The van der Waals surface area contributed by atoms with Crippen LogP contribution in [0.2, 0.25) is 0 Å². The molecule has 158 valence electrons.